The van der Waals surface area contributed by atoms with Gasteiger partial charge in [-0.25, -0.2) is 0 Å². The number of ether oxygens (including phenoxy) is 1. The van der Waals surface area contributed by atoms with Crippen molar-refractivity contribution in [2.75, 3.05) is 26.3 Å². The van der Waals surface area contributed by atoms with Gasteiger partial charge in [0.15, 0.2) is 0 Å². The summed E-state index contributed by atoms with van der Waals surface area (Å²) < 4.78 is 16.7. The van der Waals surface area contributed by atoms with Crippen LogP contribution in [0.1, 0.15) is 47.8 Å². The summed E-state index contributed by atoms with van der Waals surface area (Å²) >= 11 is 0. The van der Waals surface area contributed by atoms with E-state index in [2.05, 4.69) is 15.4 Å². The van der Waals surface area contributed by atoms with E-state index >= 15 is 0 Å². The van der Waals surface area contributed by atoms with Crippen molar-refractivity contribution in [2.24, 2.45) is 5.92 Å². The number of hydrogen-bond acceptors (Lipinski definition) is 7. The highest BCUT2D eigenvalue weighted by molar-refractivity contribution is 5.91. The van der Waals surface area contributed by atoms with Gasteiger partial charge in [0.25, 0.3) is 5.91 Å². The standard InChI is InChI=1S/C16H20N4O4/c1-9(2)13-17-18-15(23-13)16-7-20(5-11(16)6-22-8-16)14(21)12-4-10(3)19-24-12/h4,9,11H,5-8H2,1-3H3/t11-,16-/m1/s1. The maximum Gasteiger partial charge on any atom is 0.292 e. The van der Waals surface area contributed by atoms with Gasteiger partial charge in [0.05, 0.1) is 24.3 Å². The first-order chi connectivity index (χ1) is 11.5. The van der Waals surface area contributed by atoms with E-state index in [1.165, 1.54) is 0 Å². The minimum absolute atomic E-state index is 0.144. The van der Waals surface area contributed by atoms with Crippen molar-refractivity contribution in [2.45, 2.75) is 32.1 Å². The quantitative estimate of drug-likeness (QED) is 0.841. The van der Waals surface area contributed by atoms with E-state index in [9.17, 15) is 4.79 Å². The fraction of sp³-hybridized carbons (Fsp3) is 0.625. The monoisotopic (exact) mass is 332 g/mol. The lowest BCUT2D eigenvalue weighted by Crippen LogP contribution is -2.37. The molecule has 2 fully saturated rings. The van der Waals surface area contributed by atoms with Crippen LogP contribution in [0.3, 0.4) is 0 Å². The van der Waals surface area contributed by atoms with Crippen LogP contribution in [0, 0.1) is 12.8 Å². The zero-order valence-electron chi connectivity index (χ0n) is 14.0. The topological polar surface area (TPSA) is 94.5 Å². The molecule has 0 unspecified atom stereocenters. The second-order valence-electron chi connectivity index (χ2n) is 6.99. The van der Waals surface area contributed by atoms with Crippen LogP contribution < -0.4 is 0 Å². The number of carbonyl (C=O) groups is 1. The van der Waals surface area contributed by atoms with E-state index in [1.807, 2.05) is 13.8 Å². The molecule has 2 atom stereocenters. The molecular formula is C16H20N4O4. The minimum Gasteiger partial charge on any atom is -0.424 e. The molecule has 0 aliphatic carbocycles. The smallest absolute Gasteiger partial charge is 0.292 e. The van der Waals surface area contributed by atoms with Gasteiger partial charge in [-0.1, -0.05) is 19.0 Å². The SMILES string of the molecule is Cc1cc(C(=O)N2C[C@@H]3COC[C@]3(c3nnc(C(C)C)o3)C2)on1. The summed E-state index contributed by atoms with van der Waals surface area (Å²) in [5.41, 5.74) is 0.263. The summed E-state index contributed by atoms with van der Waals surface area (Å²) in [5.74, 6) is 1.59. The molecule has 4 heterocycles. The third-order valence-corrected chi connectivity index (χ3v) is 4.86. The van der Waals surface area contributed by atoms with E-state index in [0.717, 1.165) is 0 Å². The molecule has 2 saturated heterocycles. The molecule has 0 radical (unpaired) electrons. The van der Waals surface area contributed by atoms with Gasteiger partial charge in [-0.2, -0.15) is 0 Å². The van der Waals surface area contributed by atoms with Crippen LogP contribution in [0.4, 0.5) is 0 Å². The van der Waals surface area contributed by atoms with E-state index < -0.39 is 5.41 Å². The number of carbonyl (C=O) groups excluding carboxylic acids is 1. The largest absolute Gasteiger partial charge is 0.424 e. The van der Waals surface area contributed by atoms with Crippen molar-refractivity contribution in [3.05, 3.63) is 29.3 Å². The summed E-state index contributed by atoms with van der Waals surface area (Å²) in [6.07, 6.45) is 0. The van der Waals surface area contributed by atoms with Crippen molar-refractivity contribution >= 4 is 5.91 Å². The van der Waals surface area contributed by atoms with Crippen molar-refractivity contribution in [1.82, 2.24) is 20.3 Å². The maximum absolute atomic E-state index is 12.7. The first kappa shape index (κ1) is 15.3. The maximum atomic E-state index is 12.7. The van der Waals surface area contributed by atoms with Crippen LogP contribution >= 0.6 is 0 Å². The Labute approximate surface area is 139 Å². The number of rotatable bonds is 3. The van der Waals surface area contributed by atoms with Crippen LogP contribution in [0.2, 0.25) is 0 Å². The predicted octanol–water partition coefficient (Wildman–Crippen LogP) is 1.53. The highest BCUT2D eigenvalue weighted by Gasteiger charge is 2.56. The van der Waals surface area contributed by atoms with E-state index in [-0.39, 0.29) is 23.5 Å². The summed E-state index contributed by atoms with van der Waals surface area (Å²) in [6.45, 7) is 7.94. The Morgan fingerprint density at radius 3 is 2.92 bits per heavy atom. The number of likely N-dealkylation sites (tertiary alicyclic amines) is 1. The Hall–Kier alpha value is -2.22. The second kappa shape index (κ2) is 5.41. The van der Waals surface area contributed by atoms with Gasteiger partial charge < -0.3 is 18.6 Å². The Bertz CT molecular complexity index is 768. The summed E-state index contributed by atoms with van der Waals surface area (Å²) in [7, 11) is 0. The van der Waals surface area contributed by atoms with Gasteiger partial charge in [-0.3, -0.25) is 4.79 Å². The molecule has 24 heavy (non-hydrogen) atoms. The third-order valence-electron chi connectivity index (χ3n) is 4.86. The Kier molecular flexibility index (Phi) is 3.45. The van der Waals surface area contributed by atoms with Crippen molar-refractivity contribution in [3.8, 4) is 0 Å². The third kappa shape index (κ3) is 2.24. The van der Waals surface area contributed by atoms with Gasteiger partial charge in [0, 0.05) is 31.0 Å². The van der Waals surface area contributed by atoms with Gasteiger partial charge in [-0.05, 0) is 6.92 Å². The molecule has 2 aromatic heterocycles. The van der Waals surface area contributed by atoms with Crippen molar-refractivity contribution in [1.29, 1.82) is 0 Å². The molecule has 2 aromatic rings. The molecule has 8 nitrogen and oxygen atoms in total. The average Bonchev–Trinajstić information content (AvgIpc) is 3.28. The molecule has 4 rings (SSSR count). The Morgan fingerprint density at radius 2 is 2.25 bits per heavy atom. The summed E-state index contributed by atoms with van der Waals surface area (Å²) in [5, 5.41) is 12.2. The van der Waals surface area contributed by atoms with E-state index in [0.29, 0.717) is 43.8 Å². The number of fused-ring (bicyclic) bond motifs is 1. The number of aromatic nitrogens is 3. The average molecular weight is 332 g/mol. The first-order valence-corrected chi connectivity index (χ1v) is 8.14. The van der Waals surface area contributed by atoms with E-state index in [4.69, 9.17) is 13.7 Å². The first-order valence-electron chi connectivity index (χ1n) is 8.14. The molecule has 2 aliphatic rings. The predicted molar refractivity (Wildman–Crippen MR) is 81.5 cm³/mol. The molecule has 0 N–H and O–H groups in total. The number of aryl methyl sites for hydroxylation is 1. The van der Waals surface area contributed by atoms with Crippen LogP contribution in [0.5, 0.6) is 0 Å². The zero-order chi connectivity index (χ0) is 16.9. The van der Waals surface area contributed by atoms with Crippen molar-refractivity contribution < 1.29 is 18.5 Å². The molecule has 128 valence electrons. The minimum atomic E-state index is -0.426. The lowest BCUT2D eigenvalue weighted by Gasteiger charge is -2.22. The number of amides is 1. The molecule has 0 bridgehead atoms. The summed E-state index contributed by atoms with van der Waals surface area (Å²) in [4.78, 5) is 14.4. The zero-order valence-corrected chi connectivity index (χ0v) is 14.0. The van der Waals surface area contributed by atoms with E-state index in [1.54, 1.807) is 17.9 Å². The Balaban J connectivity index is 1.62. The van der Waals surface area contributed by atoms with Crippen LogP contribution in [-0.4, -0.2) is 52.5 Å². The highest BCUT2D eigenvalue weighted by atomic mass is 16.5. The number of nitrogens with zero attached hydrogens (tertiary/aromatic N) is 4. The fourth-order valence-electron chi connectivity index (χ4n) is 3.48. The lowest BCUT2D eigenvalue weighted by molar-refractivity contribution is 0.0698. The van der Waals surface area contributed by atoms with Crippen LogP contribution in [-0.2, 0) is 10.2 Å². The number of hydrogen-bond donors (Lipinski definition) is 0. The van der Waals surface area contributed by atoms with Crippen LogP contribution in [0.25, 0.3) is 0 Å². The van der Waals surface area contributed by atoms with Gasteiger partial charge in [0.1, 0.15) is 0 Å². The highest BCUT2D eigenvalue weighted by Crippen LogP contribution is 2.44. The second-order valence-corrected chi connectivity index (χ2v) is 6.99. The Morgan fingerprint density at radius 1 is 1.42 bits per heavy atom. The van der Waals surface area contributed by atoms with Gasteiger partial charge in [-0.15, -0.1) is 10.2 Å². The molecule has 2 aliphatic heterocycles. The molecule has 0 saturated carbocycles. The molecule has 0 aromatic carbocycles. The normalized spacial score (nSPS) is 26.3. The molecule has 8 heteroatoms. The molecular weight excluding hydrogens is 312 g/mol. The molecule has 0 spiro atoms. The van der Waals surface area contributed by atoms with Crippen LogP contribution in [0.15, 0.2) is 15.0 Å². The lowest BCUT2D eigenvalue weighted by atomic mass is 9.81. The summed E-state index contributed by atoms with van der Waals surface area (Å²) in [6, 6.07) is 1.66. The fourth-order valence-corrected chi connectivity index (χ4v) is 3.48. The van der Waals surface area contributed by atoms with Gasteiger partial charge >= 0.3 is 0 Å². The molecule has 1 amide bonds. The van der Waals surface area contributed by atoms with Crippen molar-refractivity contribution in [3.63, 3.8) is 0 Å². The van der Waals surface area contributed by atoms with Gasteiger partial charge in [0.2, 0.25) is 17.5 Å².